The van der Waals surface area contributed by atoms with Crippen LogP contribution in [0.4, 0.5) is 14.5 Å². The minimum absolute atomic E-state index is 0.0436. The number of aliphatic hydroxyl groups is 1. The molecule has 5 rings (SSSR count). The number of halogens is 2. The van der Waals surface area contributed by atoms with E-state index >= 15 is 0 Å². The fourth-order valence-corrected chi connectivity index (χ4v) is 5.07. The van der Waals surface area contributed by atoms with Gasteiger partial charge in [0.1, 0.15) is 18.1 Å². The fraction of sp³-hybridized carbons (Fsp3) is 0.444. The standard InChI is InChI=1S/C27H31F2N5O2/c1-16(2)34-8-9-36-27-21(28)10-18(11-23(27)34)26-22(29)14-31-25(32-26)12-19-5-4-17(13-30-19)20-6-7-33(3)15-24(20)35/h4-5,10-11,13-14,16,20,24,35H,6-9,12,15H2,1-3H3. The minimum Gasteiger partial charge on any atom is -0.486 e. The Morgan fingerprint density at radius 2 is 1.94 bits per heavy atom. The fourth-order valence-electron chi connectivity index (χ4n) is 5.07. The molecule has 2 aliphatic heterocycles. The van der Waals surface area contributed by atoms with E-state index in [4.69, 9.17) is 4.74 Å². The van der Waals surface area contributed by atoms with Gasteiger partial charge in [0.15, 0.2) is 17.4 Å². The SMILES string of the molecule is CC(C)N1CCOc2c(F)cc(-c3nc(Cc4ccc(C5CCN(C)CC5O)cn4)ncc3F)cc21. The van der Waals surface area contributed by atoms with Crippen molar-refractivity contribution in [3.8, 4) is 17.0 Å². The van der Waals surface area contributed by atoms with Crippen LogP contribution in [0.15, 0.2) is 36.7 Å². The van der Waals surface area contributed by atoms with E-state index in [1.807, 2.05) is 37.9 Å². The summed E-state index contributed by atoms with van der Waals surface area (Å²) in [6, 6.07) is 7.00. The maximum absolute atomic E-state index is 14.9. The van der Waals surface area contributed by atoms with Gasteiger partial charge in [-0.15, -0.1) is 0 Å². The third kappa shape index (κ3) is 4.90. The number of piperidine rings is 1. The van der Waals surface area contributed by atoms with Crippen LogP contribution in [0.2, 0.25) is 0 Å². The second kappa shape index (κ2) is 10.1. The number of hydrogen-bond acceptors (Lipinski definition) is 7. The molecule has 2 aliphatic rings. The van der Waals surface area contributed by atoms with Crippen molar-refractivity contribution < 1.29 is 18.6 Å². The van der Waals surface area contributed by atoms with Gasteiger partial charge in [-0.05, 0) is 57.6 Å². The van der Waals surface area contributed by atoms with Crippen LogP contribution in [0, 0.1) is 11.6 Å². The van der Waals surface area contributed by atoms with Crippen LogP contribution in [0.5, 0.6) is 5.75 Å². The molecule has 2 unspecified atom stereocenters. The first kappa shape index (κ1) is 24.5. The molecule has 1 saturated heterocycles. The molecule has 0 saturated carbocycles. The number of benzene rings is 1. The maximum atomic E-state index is 14.9. The van der Waals surface area contributed by atoms with Crippen LogP contribution >= 0.6 is 0 Å². The van der Waals surface area contributed by atoms with E-state index in [-0.39, 0.29) is 23.4 Å². The smallest absolute Gasteiger partial charge is 0.178 e. The Morgan fingerprint density at radius 3 is 2.67 bits per heavy atom. The van der Waals surface area contributed by atoms with E-state index in [0.29, 0.717) is 43.2 Å². The highest BCUT2D eigenvalue weighted by Gasteiger charge is 2.28. The van der Waals surface area contributed by atoms with Crippen LogP contribution in [-0.2, 0) is 6.42 Å². The molecule has 9 heteroatoms. The monoisotopic (exact) mass is 495 g/mol. The van der Waals surface area contributed by atoms with Gasteiger partial charge in [-0.1, -0.05) is 6.07 Å². The molecule has 1 fully saturated rings. The second-order valence-electron chi connectivity index (χ2n) is 9.91. The number of β-amino-alcohol motifs (C(OH)–C–C–N with tert-alkyl or cyclic N) is 1. The topological polar surface area (TPSA) is 74.6 Å². The zero-order valence-electron chi connectivity index (χ0n) is 20.8. The number of likely N-dealkylation sites (N-methyl/N-ethyl adjacent to an activating group) is 1. The normalized spacial score (nSPS) is 20.4. The largest absolute Gasteiger partial charge is 0.486 e. The highest BCUT2D eigenvalue weighted by atomic mass is 19.1. The number of nitrogens with zero attached hydrogens (tertiary/aromatic N) is 5. The number of likely N-dealkylation sites (tertiary alicyclic amines) is 1. The molecule has 2 aromatic heterocycles. The van der Waals surface area contributed by atoms with Crippen molar-refractivity contribution in [2.75, 3.05) is 38.2 Å². The van der Waals surface area contributed by atoms with Gasteiger partial charge in [0.25, 0.3) is 0 Å². The minimum atomic E-state index is -0.620. The van der Waals surface area contributed by atoms with Crippen molar-refractivity contribution in [3.63, 3.8) is 0 Å². The summed E-state index contributed by atoms with van der Waals surface area (Å²) in [6.07, 6.45) is 3.67. The van der Waals surface area contributed by atoms with Crippen LogP contribution < -0.4 is 9.64 Å². The second-order valence-corrected chi connectivity index (χ2v) is 9.91. The van der Waals surface area contributed by atoms with E-state index in [1.165, 1.54) is 6.07 Å². The highest BCUT2D eigenvalue weighted by molar-refractivity contribution is 5.72. The summed E-state index contributed by atoms with van der Waals surface area (Å²) in [5.41, 5.74) is 2.71. The van der Waals surface area contributed by atoms with Gasteiger partial charge in [-0.25, -0.2) is 18.7 Å². The summed E-state index contributed by atoms with van der Waals surface area (Å²) in [4.78, 5) is 17.3. The Balaban J connectivity index is 1.39. The first-order valence-corrected chi connectivity index (χ1v) is 12.4. The molecule has 0 aliphatic carbocycles. The van der Waals surface area contributed by atoms with Crippen molar-refractivity contribution >= 4 is 5.69 Å². The molecular weight excluding hydrogens is 464 g/mol. The predicted molar refractivity (Wildman–Crippen MR) is 133 cm³/mol. The first-order chi connectivity index (χ1) is 17.3. The van der Waals surface area contributed by atoms with Crippen molar-refractivity contribution in [1.29, 1.82) is 0 Å². The zero-order chi connectivity index (χ0) is 25.4. The van der Waals surface area contributed by atoms with Gasteiger partial charge in [-0.3, -0.25) is 4.98 Å². The Labute approximate surface area is 209 Å². The number of ether oxygens (including phenoxy) is 1. The number of aliphatic hydroxyl groups excluding tert-OH is 1. The number of pyridine rings is 1. The van der Waals surface area contributed by atoms with Crippen LogP contribution in [0.25, 0.3) is 11.3 Å². The third-order valence-electron chi connectivity index (χ3n) is 7.00. The van der Waals surface area contributed by atoms with E-state index < -0.39 is 17.7 Å². The predicted octanol–water partition coefficient (Wildman–Crippen LogP) is 3.79. The van der Waals surface area contributed by atoms with Gasteiger partial charge >= 0.3 is 0 Å². The van der Waals surface area contributed by atoms with Crippen LogP contribution in [0.3, 0.4) is 0 Å². The Bertz CT molecular complexity index is 1240. The molecule has 190 valence electrons. The number of rotatable bonds is 5. The summed E-state index contributed by atoms with van der Waals surface area (Å²) in [5, 5.41) is 10.4. The van der Waals surface area contributed by atoms with Crippen molar-refractivity contribution in [3.05, 3.63) is 65.4 Å². The van der Waals surface area contributed by atoms with Crippen LogP contribution in [0.1, 0.15) is 43.3 Å². The molecular formula is C27H31F2N5O2. The number of anilines is 1. The molecule has 0 spiro atoms. The Morgan fingerprint density at radius 1 is 1.11 bits per heavy atom. The molecule has 3 aromatic rings. The molecule has 2 atom stereocenters. The lowest BCUT2D eigenvalue weighted by Crippen LogP contribution is -2.40. The van der Waals surface area contributed by atoms with Crippen molar-refractivity contribution in [2.45, 2.75) is 44.8 Å². The van der Waals surface area contributed by atoms with Gasteiger partial charge in [-0.2, -0.15) is 0 Å². The maximum Gasteiger partial charge on any atom is 0.178 e. The van der Waals surface area contributed by atoms with Gasteiger partial charge in [0, 0.05) is 36.0 Å². The molecule has 36 heavy (non-hydrogen) atoms. The number of aromatic nitrogens is 3. The Hall–Kier alpha value is -3.17. The van der Waals surface area contributed by atoms with Gasteiger partial charge in [0.05, 0.1) is 31.0 Å². The summed E-state index contributed by atoms with van der Waals surface area (Å²) in [7, 11) is 2.00. The summed E-state index contributed by atoms with van der Waals surface area (Å²) < 4.78 is 35.3. The third-order valence-corrected chi connectivity index (χ3v) is 7.00. The van der Waals surface area contributed by atoms with Gasteiger partial charge < -0.3 is 19.6 Å². The molecule has 0 radical (unpaired) electrons. The molecule has 0 amide bonds. The lowest BCUT2D eigenvalue weighted by molar-refractivity contribution is 0.0637. The summed E-state index contributed by atoms with van der Waals surface area (Å²) in [6.45, 7) is 6.64. The first-order valence-electron chi connectivity index (χ1n) is 12.4. The molecule has 0 bridgehead atoms. The molecule has 4 heterocycles. The number of hydrogen-bond donors (Lipinski definition) is 1. The van der Waals surface area contributed by atoms with E-state index in [1.54, 1.807) is 12.3 Å². The van der Waals surface area contributed by atoms with E-state index in [9.17, 15) is 13.9 Å². The van der Waals surface area contributed by atoms with Crippen molar-refractivity contribution in [2.24, 2.45) is 0 Å². The van der Waals surface area contributed by atoms with Crippen molar-refractivity contribution in [1.82, 2.24) is 19.9 Å². The average Bonchev–Trinajstić information content (AvgIpc) is 2.85. The van der Waals surface area contributed by atoms with E-state index in [2.05, 4.69) is 19.9 Å². The van der Waals surface area contributed by atoms with Crippen LogP contribution in [-0.4, -0.2) is 70.4 Å². The summed E-state index contributed by atoms with van der Waals surface area (Å²) >= 11 is 0. The quantitative estimate of drug-likeness (QED) is 0.577. The lowest BCUT2D eigenvalue weighted by atomic mass is 9.88. The van der Waals surface area contributed by atoms with E-state index in [0.717, 1.165) is 30.4 Å². The lowest BCUT2D eigenvalue weighted by Gasteiger charge is -2.34. The molecule has 1 N–H and O–H groups in total. The van der Waals surface area contributed by atoms with Gasteiger partial charge in [0.2, 0.25) is 0 Å². The highest BCUT2D eigenvalue weighted by Crippen LogP contribution is 2.39. The zero-order valence-corrected chi connectivity index (χ0v) is 20.8. The molecule has 1 aromatic carbocycles. The summed E-state index contributed by atoms with van der Waals surface area (Å²) in [5.74, 6) is -0.524. The Kier molecular flexibility index (Phi) is 6.85. The average molecular weight is 496 g/mol. The number of fused-ring (bicyclic) bond motifs is 1. The molecule has 7 nitrogen and oxygen atoms in total.